The van der Waals surface area contributed by atoms with Gasteiger partial charge in [0.15, 0.2) is 0 Å². The summed E-state index contributed by atoms with van der Waals surface area (Å²) in [7, 11) is 4.27. The minimum atomic E-state index is -0.211. The molecule has 1 aliphatic heterocycles. The number of aliphatic hydroxyl groups is 1. The van der Waals surface area contributed by atoms with Crippen molar-refractivity contribution in [1.29, 1.82) is 0 Å². The third-order valence-electron chi connectivity index (χ3n) is 2.77. The summed E-state index contributed by atoms with van der Waals surface area (Å²) in [6.45, 7) is 4.94. The Balaban J connectivity index is 2.22. The van der Waals surface area contributed by atoms with E-state index in [2.05, 4.69) is 23.9 Å². The van der Waals surface area contributed by atoms with Gasteiger partial charge in [0.25, 0.3) is 0 Å². The lowest BCUT2D eigenvalue weighted by molar-refractivity contribution is 0.125. The second kappa shape index (κ2) is 4.94. The molecule has 1 N–H and O–H groups in total. The van der Waals surface area contributed by atoms with Crippen molar-refractivity contribution < 1.29 is 5.11 Å². The van der Waals surface area contributed by atoms with Crippen LogP contribution >= 0.6 is 0 Å². The molecule has 0 radical (unpaired) electrons. The molecule has 0 aromatic carbocycles. The Morgan fingerprint density at radius 2 is 2.31 bits per heavy atom. The summed E-state index contributed by atoms with van der Waals surface area (Å²) >= 11 is 0. The van der Waals surface area contributed by atoms with E-state index in [0.717, 1.165) is 13.1 Å². The van der Waals surface area contributed by atoms with Crippen LogP contribution < -0.4 is 0 Å². The van der Waals surface area contributed by atoms with Crippen LogP contribution in [0.3, 0.4) is 0 Å². The first-order valence-electron chi connectivity index (χ1n) is 5.16. The number of rotatable bonds is 4. The molecule has 0 aromatic rings. The van der Waals surface area contributed by atoms with Crippen molar-refractivity contribution >= 4 is 0 Å². The molecule has 1 heterocycles. The van der Waals surface area contributed by atoms with Gasteiger partial charge in [-0.25, -0.2) is 0 Å². The van der Waals surface area contributed by atoms with E-state index in [9.17, 15) is 5.11 Å². The van der Waals surface area contributed by atoms with E-state index in [1.165, 1.54) is 19.4 Å². The molecule has 1 saturated heterocycles. The smallest absolute Gasteiger partial charge is 0.0638 e. The van der Waals surface area contributed by atoms with Crippen LogP contribution in [0.5, 0.6) is 0 Å². The quantitative estimate of drug-likeness (QED) is 0.688. The lowest BCUT2D eigenvalue weighted by atomic mass is 10.2. The second-order valence-corrected chi connectivity index (χ2v) is 4.35. The van der Waals surface area contributed by atoms with E-state index in [0.29, 0.717) is 6.04 Å². The molecule has 1 unspecified atom stereocenters. The number of nitrogens with zero attached hydrogens (tertiary/aromatic N) is 2. The van der Waals surface area contributed by atoms with Gasteiger partial charge >= 0.3 is 0 Å². The minimum Gasteiger partial charge on any atom is -0.392 e. The van der Waals surface area contributed by atoms with Gasteiger partial charge in [0.2, 0.25) is 0 Å². The SMILES string of the molecule is C[C@H](O)CN(C)CC1CCCN1C. The number of hydrogen-bond donors (Lipinski definition) is 1. The monoisotopic (exact) mass is 186 g/mol. The topological polar surface area (TPSA) is 26.7 Å². The van der Waals surface area contributed by atoms with Crippen LogP contribution in [0.2, 0.25) is 0 Å². The summed E-state index contributed by atoms with van der Waals surface area (Å²) in [5.74, 6) is 0. The second-order valence-electron chi connectivity index (χ2n) is 4.35. The first kappa shape index (κ1) is 11.0. The predicted molar refractivity (Wildman–Crippen MR) is 54.8 cm³/mol. The van der Waals surface area contributed by atoms with Gasteiger partial charge in [0.1, 0.15) is 0 Å². The Labute approximate surface area is 81.3 Å². The number of aliphatic hydroxyl groups excluding tert-OH is 1. The summed E-state index contributed by atoms with van der Waals surface area (Å²) in [4.78, 5) is 4.63. The summed E-state index contributed by atoms with van der Waals surface area (Å²) in [6.07, 6.45) is 2.42. The minimum absolute atomic E-state index is 0.211. The van der Waals surface area contributed by atoms with Crippen LogP contribution in [0, 0.1) is 0 Å². The molecule has 0 spiro atoms. The lowest BCUT2D eigenvalue weighted by Gasteiger charge is -2.26. The van der Waals surface area contributed by atoms with E-state index < -0.39 is 0 Å². The third-order valence-corrected chi connectivity index (χ3v) is 2.77. The number of hydrogen-bond acceptors (Lipinski definition) is 3. The highest BCUT2D eigenvalue weighted by molar-refractivity contribution is 4.78. The van der Waals surface area contributed by atoms with Crippen LogP contribution in [0.4, 0.5) is 0 Å². The molecule has 0 amide bonds. The zero-order chi connectivity index (χ0) is 9.84. The van der Waals surface area contributed by atoms with E-state index >= 15 is 0 Å². The summed E-state index contributed by atoms with van der Waals surface area (Å²) in [6, 6.07) is 0.698. The highest BCUT2D eigenvalue weighted by Gasteiger charge is 2.22. The Morgan fingerprint density at radius 3 is 2.77 bits per heavy atom. The van der Waals surface area contributed by atoms with Crippen molar-refractivity contribution in [3.05, 3.63) is 0 Å². The molecular formula is C10H22N2O. The van der Waals surface area contributed by atoms with Gasteiger partial charge in [-0.1, -0.05) is 0 Å². The maximum Gasteiger partial charge on any atom is 0.0638 e. The van der Waals surface area contributed by atoms with Crippen LogP contribution in [0.1, 0.15) is 19.8 Å². The average Bonchev–Trinajstić information content (AvgIpc) is 2.34. The molecule has 3 nitrogen and oxygen atoms in total. The maximum atomic E-state index is 9.21. The fraction of sp³-hybridized carbons (Fsp3) is 1.00. The molecule has 1 aliphatic rings. The molecule has 13 heavy (non-hydrogen) atoms. The normalized spacial score (nSPS) is 27.0. The summed E-state index contributed by atoms with van der Waals surface area (Å²) in [5.41, 5.74) is 0. The zero-order valence-corrected chi connectivity index (χ0v) is 9.03. The first-order valence-corrected chi connectivity index (χ1v) is 5.16. The molecular weight excluding hydrogens is 164 g/mol. The van der Waals surface area contributed by atoms with Gasteiger partial charge in [0, 0.05) is 19.1 Å². The van der Waals surface area contributed by atoms with Crippen LogP contribution in [-0.4, -0.2) is 60.8 Å². The van der Waals surface area contributed by atoms with Crippen LogP contribution in [0.15, 0.2) is 0 Å². The molecule has 1 rings (SSSR count). The molecule has 78 valence electrons. The molecule has 0 saturated carbocycles. The van der Waals surface area contributed by atoms with Crippen LogP contribution in [-0.2, 0) is 0 Å². The summed E-state index contributed by atoms with van der Waals surface area (Å²) in [5, 5.41) is 9.21. The number of likely N-dealkylation sites (tertiary alicyclic amines) is 1. The lowest BCUT2D eigenvalue weighted by Crippen LogP contribution is -2.39. The predicted octanol–water partition coefficient (Wildman–Crippen LogP) is 0.393. The van der Waals surface area contributed by atoms with E-state index in [-0.39, 0.29) is 6.10 Å². The van der Waals surface area contributed by atoms with Gasteiger partial charge in [-0.2, -0.15) is 0 Å². The van der Waals surface area contributed by atoms with E-state index in [4.69, 9.17) is 0 Å². The van der Waals surface area contributed by atoms with Gasteiger partial charge in [-0.05, 0) is 40.4 Å². The van der Waals surface area contributed by atoms with E-state index in [1.807, 2.05) is 6.92 Å². The van der Waals surface area contributed by atoms with Gasteiger partial charge in [-0.15, -0.1) is 0 Å². The Hall–Kier alpha value is -0.120. The van der Waals surface area contributed by atoms with Crippen molar-refractivity contribution in [1.82, 2.24) is 9.80 Å². The third kappa shape index (κ3) is 3.63. The largest absolute Gasteiger partial charge is 0.392 e. The van der Waals surface area contributed by atoms with Gasteiger partial charge in [-0.3, -0.25) is 0 Å². The van der Waals surface area contributed by atoms with Crippen molar-refractivity contribution in [3.8, 4) is 0 Å². The average molecular weight is 186 g/mol. The fourth-order valence-electron chi connectivity index (χ4n) is 2.10. The van der Waals surface area contributed by atoms with Crippen molar-refractivity contribution in [2.45, 2.75) is 31.9 Å². The van der Waals surface area contributed by atoms with E-state index in [1.54, 1.807) is 0 Å². The Kier molecular flexibility index (Phi) is 4.16. The molecule has 3 heteroatoms. The van der Waals surface area contributed by atoms with Gasteiger partial charge in [0.05, 0.1) is 6.10 Å². The standard InChI is InChI=1S/C10H22N2O/c1-9(13)7-11(2)8-10-5-4-6-12(10)3/h9-10,13H,4-8H2,1-3H3/t9-,10?/m0/s1. The Bertz CT molecular complexity index is 150. The highest BCUT2D eigenvalue weighted by Crippen LogP contribution is 2.15. The molecule has 0 bridgehead atoms. The molecule has 1 fully saturated rings. The molecule has 0 aliphatic carbocycles. The van der Waals surface area contributed by atoms with Crippen molar-refractivity contribution in [3.63, 3.8) is 0 Å². The Morgan fingerprint density at radius 1 is 1.62 bits per heavy atom. The molecule has 0 aromatic heterocycles. The van der Waals surface area contributed by atoms with Crippen molar-refractivity contribution in [2.75, 3.05) is 33.7 Å². The fourth-order valence-corrected chi connectivity index (χ4v) is 2.10. The van der Waals surface area contributed by atoms with Crippen molar-refractivity contribution in [2.24, 2.45) is 0 Å². The first-order chi connectivity index (χ1) is 6.09. The van der Waals surface area contributed by atoms with Crippen LogP contribution in [0.25, 0.3) is 0 Å². The maximum absolute atomic E-state index is 9.21. The van der Waals surface area contributed by atoms with Gasteiger partial charge < -0.3 is 14.9 Å². The molecule has 2 atom stereocenters. The highest BCUT2D eigenvalue weighted by atomic mass is 16.3. The zero-order valence-electron chi connectivity index (χ0n) is 9.03. The summed E-state index contributed by atoms with van der Waals surface area (Å²) < 4.78 is 0. The number of likely N-dealkylation sites (N-methyl/N-ethyl adjacent to an activating group) is 2.